The number of nitrogens with one attached hydrogen (secondary N) is 1. The van der Waals surface area contributed by atoms with Crippen molar-refractivity contribution in [1.82, 2.24) is 10.2 Å². The van der Waals surface area contributed by atoms with Crippen molar-refractivity contribution in [2.24, 2.45) is 0 Å². The number of hydrogen-bond donors (Lipinski definition) is 1. The van der Waals surface area contributed by atoms with Crippen LogP contribution in [0.2, 0.25) is 0 Å². The smallest absolute Gasteiger partial charge is 0.0207 e. The molecule has 1 atom stereocenters. The molecule has 18 heavy (non-hydrogen) atoms. The van der Waals surface area contributed by atoms with Crippen molar-refractivity contribution >= 4 is 0 Å². The molecule has 0 radical (unpaired) electrons. The minimum atomic E-state index is 0.724. The van der Waals surface area contributed by atoms with E-state index in [0.717, 1.165) is 12.6 Å². The maximum absolute atomic E-state index is 3.63. The van der Waals surface area contributed by atoms with E-state index in [1.807, 2.05) is 0 Å². The lowest BCUT2D eigenvalue weighted by Crippen LogP contribution is -2.33. The highest BCUT2D eigenvalue weighted by Gasteiger charge is 2.20. The van der Waals surface area contributed by atoms with Crippen LogP contribution in [0.1, 0.15) is 30.9 Å². The summed E-state index contributed by atoms with van der Waals surface area (Å²) in [5.41, 5.74) is 2.84. The molecule has 1 unspecified atom stereocenters. The molecule has 0 amide bonds. The molecule has 0 bridgehead atoms. The van der Waals surface area contributed by atoms with Crippen molar-refractivity contribution < 1.29 is 0 Å². The summed E-state index contributed by atoms with van der Waals surface area (Å²) in [4.78, 5) is 2.59. The Morgan fingerprint density at radius 1 is 1.39 bits per heavy atom. The average molecular weight is 246 g/mol. The molecule has 0 saturated carbocycles. The molecule has 1 aliphatic rings. The first-order chi connectivity index (χ1) is 8.78. The van der Waals surface area contributed by atoms with Gasteiger partial charge in [0.25, 0.3) is 0 Å². The molecule has 2 nitrogen and oxygen atoms in total. The first-order valence-electron chi connectivity index (χ1n) is 7.29. The molecule has 2 rings (SSSR count). The van der Waals surface area contributed by atoms with Crippen LogP contribution in [0.5, 0.6) is 0 Å². The van der Waals surface area contributed by atoms with E-state index in [4.69, 9.17) is 0 Å². The molecule has 0 spiro atoms. The fourth-order valence-electron chi connectivity index (χ4n) is 2.71. The largest absolute Gasteiger partial charge is 0.313 e. The zero-order valence-electron chi connectivity index (χ0n) is 11.8. The zero-order chi connectivity index (χ0) is 12.8. The molecule has 1 fully saturated rings. The Kier molecular flexibility index (Phi) is 5.21. The van der Waals surface area contributed by atoms with Crippen LogP contribution in [0.15, 0.2) is 24.3 Å². The Morgan fingerprint density at radius 3 is 3.06 bits per heavy atom. The molecular formula is C16H26N2. The van der Waals surface area contributed by atoms with E-state index < -0.39 is 0 Å². The number of aryl methyl sites for hydroxylation is 1. The first kappa shape index (κ1) is 13.6. The molecule has 2 heteroatoms. The predicted molar refractivity (Wildman–Crippen MR) is 78.0 cm³/mol. The van der Waals surface area contributed by atoms with Crippen molar-refractivity contribution in [2.45, 2.75) is 39.2 Å². The van der Waals surface area contributed by atoms with E-state index in [-0.39, 0.29) is 0 Å². The van der Waals surface area contributed by atoms with Gasteiger partial charge in [0.05, 0.1) is 0 Å². The average Bonchev–Trinajstić information content (AvgIpc) is 2.82. The number of hydrogen-bond acceptors (Lipinski definition) is 2. The number of benzene rings is 1. The Bertz CT molecular complexity index is 362. The van der Waals surface area contributed by atoms with E-state index in [0.29, 0.717) is 0 Å². The van der Waals surface area contributed by atoms with E-state index >= 15 is 0 Å². The van der Waals surface area contributed by atoms with E-state index in [2.05, 4.69) is 48.3 Å². The van der Waals surface area contributed by atoms with Gasteiger partial charge in [-0.25, -0.2) is 0 Å². The van der Waals surface area contributed by atoms with Gasteiger partial charge in [-0.3, -0.25) is 0 Å². The van der Waals surface area contributed by atoms with Crippen LogP contribution >= 0.6 is 0 Å². The molecule has 1 N–H and O–H groups in total. The summed E-state index contributed by atoms with van der Waals surface area (Å²) in [6.07, 6.45) is 3.73. The molecular weight excluding hydrogens is 220 g/mol. The fourth-order valence-corrected chi connectivity index (χ4v) is 2.71. The maximum Gasteiger partial charge on any atom is 0.0207 e. The molecule has 1 saturated heterocycles. The number of nitrogens with zero attached hydrogens (tertiary/aromatic N) is 1. The highest BCUT2D eigenvalue weighted by atomic mass is 15.2. The summed E-state index contributed by atoms with van der Waals surface area (Å²) >= 11 is 0. The van der Waals surface area contributed by atoms with Crippen LogP contribution in [0.4, 0.5) is 0 Å². The minimum Gasteiger partial charge on any atom is -0.313 e. The topological polar surface area (TPSA) is 15.3 Å². The molecule has 0 aromatic heterocycles. The second-order valence-corrected chi connectivity index (χ2v) is 5.48. The third-order valence-corrected chi connectivity index (χ3v) is 3.75. The molecule has 1 aliphatic heterocycles. The summed E-state index contributed by atoms with van der Waals surface area (Å²) < 4.78 is 0. The van der Waals surface area contributed by atoms with Crippen LogP contribution in [0, 0.1) is 6.92 Å². The number of rotatable bonds is 6. The standard InChI is InChI=1S/C16H26N2/c1-3-9-17-16-8-11-18(13-16)10-7-15-6-4-5-14(2)12-15/h4-6,12,16-17H,3,7-11,13H2,1-2H3. The van der Waals surface area contributed by atoms with Crippen LogP contribution in [0.3, 0.4) is 0 Å². The monoisotopic (exact) mass is 246 g/mol. The molecule has 100 valence electrons. The summed E-state index contributed by atoms with van der Waals surface area (Å²) in [5, 5.41) is 3.63. The van der Waals surface area contributed by atoms with E-state index in [1.165, 1.54) is 50.0 Å². The highest BCUT2D eigenvalue weighted by Crippen LogP contribution is 2.11. The summed E-state index contributed by atoms with van der Waals surface area (Å²) in [5.74, 6) is 0. The van der Waals surface area contributed by atoms with Gasteiger partial charge >= 0.3 is 0 Å². The summed E-state index contributed by atoms with van der Waals surface area (Å²) in [7, 11) is 0. The van der Waals surface area contributed by atoms with Crippen molar-refractivity contribution in [3.63, 3.8) is 0 Å². The van der Waals surface area contributed by atoms with Crippen molar-refractivity contribution in [1.29, 1.82) is 0 Å². The molecule has 1 aromatic carbocycles. The van der Waals surface area contributed by atoms with Crippen LogP contribution in [0.25, 0.3) is 0 Å². The van der Waals surface area contributed by atoms with Gasteiger partial charge < -0.3 is 10.2 Å². The fraction of sp³-hybridized carbons (Fsp3) is 0.625. The summed E-state index contributed by atoms with van der Waals surface area (Å²) in [6.45, 7) is 9.25. The summed E-state index contributed by atoms with van der Waals surface area (Å²) in [6, 6.07) is 9.62. The van der Waals surface area contributed by atoms with Crippen molar-refractivity contribution in [3.8, 4) is 0 Å². The van der Waals surface area contributed by atoms with E-state index in [1.54, 1.807) is 0 Å². The van der Waals surface area contributed by atoms with Gasteiger partial charge in [0, 0.05) is 19.1 Å². The van der Waals surface area contributed by atoms with Gasteiger partial charge in [-0.1, -0.05) is 36.8 Å². The Balaban J connectivity index is 1.72. The second-order valence-electron chi connectivity index (χ2n) is 5.48. The lowest BCUT2D eigenvalue weighted by atomic mass is 10.1. The Labute approximate surface area is 111 Å². The van der Waals surface area contributed by atoms with Crippen molar-refractivity contribution in [3.05, 3.63) is 35.4 Å². The maximum atomic E-state index is 3.63. The Hall–Kier alpha value is -0.860. The Morgan fingerprint density at radius 2 is 2.28 bits per heavy atom. The van der Waals surface area contributed by atoms with Gasteiger partial charge in [-0.15, -0.1) is 0 Å². The van der Waals surface area contributed by atoms with Gasteiger partial charge in [0.15, 0.2) is 0 Å². The lowest BCUT2D eigenvalue weighted by molar-refractivity contribution is 0.332. The zero-order valence-corrected chi connectivity index (χ0v) is 11.8. The normalized spacial score (nSPS) is 20.4. The van der Waals surface area contributed by atoms with E-state index in [9.17, 15) is 0 Å². The van der Waals surface area contributed by atoms with Crippen LogP contribution < -0.4 is 5.32 Å². The third kappa shape index (κ3) is 4.11. The van der Waals surface area contributed by atoms with Crippen LogP contribution in [-0.4, -0.2) is 37.1 Å². The second kappa shape index (κ2) is 6.91. The van der Waals surface area contributed by atoms with Crippen molar-refractivity contribution in [2.75, 3.05) is 26.2 Å². The third-order valence-electron chi connectivity index (χ3n) is 3.75. The SMILES string of the molecule is CCCNC1CCN(CCc2cccc(C)c2)C1. The number of likely N-dealkylation sites (tertiary alicyclic amines) is 1. The van der Waals surface area contributed by atoms with Gasteiger partial charge in [0.2, 0.25) is 0 Å². The first-order valence-corrected chi connectivity index (χ1v) is 7.29. The predicted octanol–water partition coefficient (Wildman–Crippen LogP) is 2.61. The minimum absolute atomic E-state index is 0.724. The lowest BCUT2D eigenvalue weighted by Gasteiger charge is -2.16. The molecule has 1 aromatic rings. The van der Waals surface area contributed by atoms with Gasteiger partial charge in [-0.05, 0) is 44.8 Å². The van der Waals surface area contributed by atoms with Gasteiger partial charge in [-0.2, -0.15) is 0 Å². The van der Waals surface area contributed by atoms with Crippen LogP contribution in [-0.2, 0) is 6.42 Å². The van der Waals surface area contributed by atoms with Gasteiger partial charge in [0.1, 0.15) is 0 Å². The molecule has 0 aliphatic carbocycles. The molecule has 1 heterocycles. The highest BCUT2D eigenvalue weighted by molar-refractivity contribution is 5.22. The quantitative estimate of drug-likeness (QED) is 0.830.